The third kappa shape index (κ3) is 3.51. The van der Waals surface area contributed by atoms with Gasteiger partial charge in [0.2, 0.25) is 0 Å². The number of benzene rings is 6. The van der Waals surface area contributed by atoms with E-state index in [1.165, 1.54) is 140 Å². The molecule has 0 spiro atoms. The largest absolute Gasteiger partial charge is 0.305 e. The summed E-state index contributed by atoms with van der Waals surface area (Å²) in [5, 5.41) is 8.21. The third-order valence-electron chi connectivity index (χ3n) is 16.2. The minimum atomic E-state index is 0.0898. The van der Waals surface area contributed by atoms with E-state index in [4.69, 9.17) is 9.97 Å². The van der Waals surface area contributed by atoms with Crippen LogP contribution in [-0.2, 0) is 10.8 Å². The van der Waals surface area contributed by atoms with Crippen LogP contribution >= 0.6 is 0 Å². The van der Waals surface area contributed by atoms with Gasteiger partial charge in [-0.1, -0.05) is 131 Å². The second-order valence-electron chi connectivity index (χ2n) is 19.8. The van der Waals surface area contributed by atoms with E-state index in [0.717, 1.165) is 0 Å². The number of rotatable bonds is 0. The molecule has 59 heavy (non-hydrogen) atoms. The van der Waals surface area contributed by atoms with E-state index in [0.29, 0.717) is 0 Å². The van der Waals surface area contributed by atoms with Crippen LogP contribution in [0.1, 0.15) is 142 Å². The van der Waals surface area contributed by atoms with Gasteiger partial charge in [-0.3, -0.25) is 9.97 Å². The Labute approximate surface area is 342 Å². The van der Waals surface area contributed by atoms with Gasteiger partial charge in [-0.2, -0.15) is 0 Å². The van der Waals surface area contributed by atoms with E-state index in [1.54, 1.807) is 0 Å². The molecule has 280 valence electrons. The summed E-state index contributed by atoms with van der Waals surface area (Å²) in [5.74, 6) is 0.490. The van der Waals surface area contributed by atoms with Gasteiger partial charge in [0.05, 0.1) is 52.2 Å². The van der Waals surface area contributed by atoms with E-state index in [2.05, 4.69) is 160 Å². The van der Waals surface area contributed by atoms with Gasteiger partial charge in [-0.15, -0.1) is 0 Å². The second-order valence-corrected chi connectivity index (χ2v) is 19.8. The Kier molecular flexibility index (Phi) is 5.41. The minimum absolute atomic E-state index is 0.0898. The number of aromatic nitrogens is 3. The van der Waals surface area contributed by atoms with Crippen molar-refractivity contribution in [2.75, 3.05) is 0 Å². The average Bonchev–Trinajstić information content (AvgIpc) is 3.79. The highest BCUT2D eigenvalue weighted by Crippen LogP contribution is 2.61. The van der Waals surface area contributed by atoms with Crippen molar-refractivity contribution < 1.29 is 0 Å². The van der Waals surface area contributed by atoms with Crippen LogP contribution in [0.15, 0.2) is 128 Å². The predicted octanol–water partition coefficient (Wildman–Crippen LogP) is 13.1. The van der Waals surface area contributed by atoms with Crippen LogP contribution in [0, 0.1) is 0 Å². The number of fused-ring (bicyclic) bond motifs is 9. The minimum Gasteiger partial charge on any atom is -0.305 e. The van der Waals surface area contributed by atoms with Crippen LogP contribution in [-0.4, -0.2) is 14.4 Å². The van der Waals surface area contributed by atoms with E-state index in [9.17, 15) is 0 Å². The molecule has 0 N–H and O–H groups in total. The molecular weight excluding hydrogens is 715 g/mol. The van der Waals surface area contributed by atoms with Gasteiger partial charge in [-0.05, 0) is 113 Å². The van der Waals surface area contributed by atoms with E-state index in [1.807, 2.05) is 0 Å². The summed E-state index contributed by atoms with van der Waals surface area (Å²) in [7, 11) is 0. The fourth-order valence-corrected chi connectivity index (χ4v) is 13.5. The van der Waals surface area contributed by atoms with E-state index < -0.39 is 0 Å². The van der Waals surface area contributed by atoms with Gasteiger partial charge in [0.1, 0.15) is 0 Å². The van der Waals surface area contributed by atoms with Crippen molar-refractivity contribution in [2.45, 2.75) is 75.0 Å². The standard InChI is InChI=1S/C56H41N3/c1-55(2)21-22-56(3,4)40-25-37-28(24-39(40)55)23-38-47-41(26-57-52-45-33-17-9-5-13-29(33)43(50(47)52)30-14-6-10-18-34(30)45)59-42-27-58-53-46-35-19-11-7-15-31(35)44(32-16-8-12-20-36(32)46)51(53)49(42)48(37)54(38)59/h5-20,23-27,43-46H,21-22H2,1-4H3. The van der Waals surface area contributed by atoms with Crippen molar-refractivity contribution in [1.82, 2.24) is 14.4 Å². The maximum atomic E-state index is 5.56. The summed E-state index contributed by atoms with van der Waals surface area (Å²) in [6.45, 7) is 9.87. The molecule has 4 bridgehead atoms. The normalized spacial score (nSPS) is 22.0. The molecule has 3 heteroatoms. The van der Waals surface area contributed by atoms with Crippen molar-refractivity contribution in [3.05, 3.63) is 206 Å². The van der Waals surface area contributed by atoms with Crippen molar-refractivity contribution >= 4 is 48.9 Å². The van der Waals surface area contributed by atoms with E-state index >= 15 is 0 Å². The number of nitrogens with zero attached hydrogens (tertiary/aromatic N) is 3. The summed E-state index contributed by atoms with van der Waals surface area (Å²) in [5.41, 5.74) is 23.6. The lowest BCUT2D eigenvalue weighted by Crippen LogP contribution is -2.33. The van der Waals surface area contributed by atoms with Crippen molar-refractivity contribution in [1.29, 1.82) is 0 Å². The Hall–Kier alpha value is -6.32. The Morgan fingerprint density at radius 2 is 0.864 bits per heavy atom. The molecule has 0 radical (unpaired) electrons. The van der Waals surface area contributed by atoms with Gasteiger partial charge in [0.15, 0.2) is 0 Å². The molecule has 0 saturated carbocycles. The summed E-state index contributed by atoms with van der Waals surface area (Å²) >= 11 is 0. The fourth-order valence-electron chi connectivity index (χ4n) is 13.5. The molecule has 0 atom stereocenters. The molecule has 10 aromatic rings. The molecule has 0 saturated heterocycles. The molecule has 3 nitrogen and oxygen atoms in total. The van der Waals surface area contributed by atoms with Crippen LogP contribution < -0.4 is 0 Å². The van der Waals surface area contributed by atoms with E-state index in [-0.39, 0.29) is 34.5 Å². The third-order valence-corrected chi connectivity index (χ3v) is 16.2. The average molecular weight is 756 g/mol. The van der Waals surface area contributed by atoms with Crippen LogP contribution in [0.5, 0.6) is 0 Å². The highest BCUT2D eigenvalue weighted by molar-refractivity contribution is 6.32. The molecule has 4 heterocycles. The summed E-state index contributed by atoms with van der Waals surface area (Å²) < 4.78 is 2.59. The highest BCUT2D eigenvalue weighted by atomic mass is 14.9. The second kappa shape index (κ2) is 10.1. The van der Waals surface area contributed by atoms with Gasteiger partial charge in [0, 0.05) is 33.4 Å². The highest BCUT2D eigenvalue weighted by Gasteiger charge is 2.47. The molecule has 17 rings (SSSR count). The van der Waals surface area contributed by atoms with Gasteiger partial charge < -0.3 is 4.40 Å². The lowest BCUT2D eigenvalue weighted by atomic mass is 9.61. The SMILES string of the molecule is CC1(C)CCC(C)(C)c2cc3c(cc21)cc1c2c4c(ncc2n2c5cnc6c(c5c3c12)C1c2ccccc2C6c2ccccc21)C1c2ccccc2C4c2ccccc21. The van der Waals surface area contributed by atoms with Crippen molar-refractivity contribution in [3.63, 3.8) is 0 Å². The first-order valence-corrected chi connectivity index (χ1v) is 21.7. The quantitative estimate of drug-likeness (QED) is 0.154. The zero-order valence-electron chi connectivity index (χ0n) is 33.7. The molecular formula is C56H41N3. The van der Waals surface area contributed by atoms with Crippen molar-refractivity contribution in [3.8, 4) is 0 Å². The first kappa shape index (κ1) is 31.6. The molecule has 7 aliphatic rings. The lowest BCUT2D eigenvalue weighted by molar-refractivity contribution is 0.332. The topological polar surface area (TPSA) is 30.2 Å². The van der Waals surface area contributed by atoms with Crippen molar-refractivity contribution in [2.24, 2.45) is 0 Å². The molecule has 6 aromatic carbocycles. The van der Waals surface area contributed by atoms with Gasteiger partial charge >= 0.3 is 0 Å². The summed E-state index contributed by atoms with van der Waals surface area (Å²) in [6, 6.07) is 44.5. The Morgan fingerprint density at radius 3 is 1.34 bits per heavy atom. The van der Waals surface area contributed by atoms with Gasteiger partial charge in [0.25, 0.3) is 0 Å². The van der Waals surface area contributed by atoms with Gasteiger partial charge in [-0.25, -0.2) is 0 Å². The van der Waals surface area contributed by atoms with Crippen LogP contribution in [0.25, 0.3) is 48.9 Å². The molecule has 0 fully saturated rings. The zero-order valence-corrected chi connectivity index (χ0v) is 33.7. The molecule has 4 aromatic heterocycles. The van der Waals surface area contributed by atoms with Crippen LogP contribution in [0.4, 0.5) is 0 Å². The number of hydrogen-bond donors (Lipinski definition) is 0. The Morgan fingerprint density at radius 1 is 0.458 bits per heavy atom. The zero-order chi connectivity index (χ0) is 38.8. The predicted molar refractivity (Wildman–Crippen MR) is 239 cm³/mol. The Bertz CT molecular complexity index is 3500. The van der Waals surface area contributed by atoms with Crippen LogP contribution in [0.3, 0.4) is 0 Å². The smallest absolute Gasteiger partial charge is 0.0729 e. The monoisotopic (exact) mass is 755 g/mol. The number of pyridine rings is 2. The first-order valence-electron chi connectivity index (χ1n) is 21.7. The first-order chi connectivity index (χ1) is 28.8. The van der Waals surface area contributed by atoms with Crippen LogP contribution in [0.2, 0.25) is 0 Å². The molecule has 0 aliphatic heterocycles. The molecule has 0 unspecified atom stereocenters. The Balaban J connectivity index is 1.15. The molecule has 0 amide bonds. The fraction of sp³-hybridized carbons (Fsp3) is 0.214. The maximum absolute atomic E-state index is 5.56. The summed E-state index contributed by atoms with van der Waals surface area (Å²) in [6.07, 6.45) is 6.83. The maximum Gasteiger partial charge on any atom is 0.0729 e. The summed E-state index contributed by atoms with van der Waals surface area (Å²) in [4.78, 5) is 11.1. The number of hydrogen-bond acceptors (Lipinski definition) is 2. The lowest BCUT2D eigenvalue weighted by Gasteiger charge is -2.42. The molecule has 7 aliphatic carbocycles.